The van der Waals surface area contributed by atoms with Gasteiger partial charge in [-0.15, -0.1) is 0 Å². The minimum Gasteiger partial charge on any atom is -0.487 e. The number of aliphatic hydroxyl groups is 1. The van der Waals surface area contributed by atoms with Crippen molar-refractivity contribution >= 4 is 21.6 Å². The number of nitrogens with one attached hydrogen (secondary N) is 1. The van der Waals surface area contributed by atoms with E-state index in [4.69, 9.17) is 9.47 Å². The predicted molar refractivity (Wildman–Crippen MR) is 114 cm³/mol. The Balaban J connectivity index is 1.57. The number of rotatable bonds is 6. The van der Waals surface area contributed by atoms with Gasteiger partial charge in [-0.05, 0) is 48.9 Å². The van der Waals surface area contributed by atoms with Crippen LogP contribution in [0, 0.1) is 5.82 Å². The maximum atomic E-state index is 13.1. The first-order valence-electron chi connectivity index (χ1n) is 10.2. The Morgan fingerprint density at radius 1 is 1.22 bits per heavy atom. The Labute approximate surface area is 186 Å². The van der Waals surface area contributed by atoms with Crippen molar-refractivity contribution in [1.82, 2.24) is 4.90 Å². The molecule has 0 aromatic heterocycles. The number of amides is 1. The molecule has 0 saturated carbocycles. The first-order chi connectivity index (χ1) is 15.2. The third-order valence-corrected chi connectivity index (χ3v) is 7.17. The zero-order chi connectivity index (χ0) is 23.0. The van der Waals surface area contributed by atoms with Crippen molar-refractivity contribution in [3.8, 4) is 5.75 Å². The number of anilines is 1. The molecule has 1 saturated heterocycles. The average molecular weight is 465 g/mol. The fourth-order valence-corrected chi connectivity index (χ4v) is 5.21. The van der Waals surface area contributed by atoms with Crippen LogP contribution in [0.2, 0.25) is 0 Å². The van der Waals surface area contributed by atoms with E-state index in [2.05, 4.69) is 4.72 Å². The molecule has 10 heteroatoms. The first-order valence-corrected chi connectivity index (χ1v) is 11.7. The lowest BCUT2D eigenvalue weighted by atomic mass is 9.84. The molecule has 4 rings (SSSR count). The molecule has 2 aliphatic rings. The molecule has 0 spiro atoms. The lowest BCUT2D eigenvalue weighted by Crippen LogP contribution is -2.47. The molecule has 172 valence electrons. The van der Waals surface area contributed by atoms with E-state index in [0.717, 1.165) is 17.7 Å². The summed E-state index contributed by atoms with van der Waals surface area (Å²) in [7, 11) is -0.558. The number of halogens is 1. The van der Waals surface area contributed by atoms with E-state index in [0.29, 0.717) is 17.9 Å². The smallest absolute Gasteiger partial charge is 0.261 e. The Morgan fingerprint density at radius 2 is 1.94 bits per heavy atom. The van der Waals surface area contributed by atoms with Gasteiger partial charge in [0.2, 0.25) is 5.91 Å². The summed E-state index contributed by atoms with van der Waals surface area (Å²) in [4.78, 5) is 13.6. The number of nitrogens with zero attached hydrogens (tertiary/aromatic N) is 1. The number of ether oxygens (including phenoxy) is 2. The molecule has 0 bridgehead atoms. The van der Waals surface area contributed by atoms with E-state index >= 15 is 0 Å². The highest BCUT2D eigenvalue weighted by Gasteiger charge is 2.46. The third kappa shape index (κ3) is 4.43. The normalized spacial score (nSPS) is 24.2. The molecule has 0 aliphatic carbocycles. The largest absolute Gasteiger partial charge is 0.487 e. The standard InChI is InChI=1S/C22H25FN2O6S/c1-25(2)21(27)11-15-10-18-17-9-14(5-8-19(17)31-22(18)20(12-26)30-15)24-32(28,29)16-6-3-13(23)4-7-16/h3-9,15,18,20,22,24,26H,10-12H2,1-2H3/t15-,18-,20-,22+/m1/s1. The molecule has 0 unspecified atom stereocenters. The molecule has 2 aliphatic heterocycles. The quantitative estimate of drug-likeness (QED) is 0.679. The molecule has 2 heterocycles. The number of sulfonamides is 1. The summed E-state index contributed by atoms with van der Waals surface area (Å²) in [6.07, 6.45) is -0.733. The van der Waals surface area contributed by atoms with Gasteiger partial charge in [-0.3, -0.25) is 9.52 Å². The number of fused-ring (bicyclic) bond motifs is 3. The van der Waals surface area contributed by atoms with Gasteiger partial charge < -0.3 is 19.5 Å². The summed E-state index contributed by atoms with van der Waals surface area (Å²) in [6.45, 7) is -0.258. The van der Waals surface area contributed by atoms with E-state index in [1.165, 1.54) is 17.0 Å². The minimum absolute atomic E-state index is 0.0535. The lowest BCUT2D eigenvalue weighted by Gasteiger charge is -2.37. The summed E-state index contributed by atoms with van der Waals surface area (Å²) in [5.74, 6) is -0.174. The van der Waals surface area contributed by atoms with Gasteiger partial charge in [0, 0.05) is 31.3 Å². The van der Waals surface area contributed by atoms with E-state index in [1.54, 1.807) is 32.3 Å². The highest BCUT2D eigenvalue weighted by Crippen LogP contribution is 2.47. The first kappa shape index (κ1) is 22.5. The number of hydrogen-bond acceptors (Lipinski definition) is 6. The van der Waals surface area contributed by atoms with Crippen LogP contribution in [0.5, 0.6) is 5.75 Å². The molecule has 8 nitrogen and oxygen atoms in total. The molecule has 32 heavy (non-hydrogen) atoms. The van der Waals surface area contributed by atoms with Crippen LogP contribution in [-0.2, 0) is 19.6 Å². The molecule has 2 aromatic carbocycles. The molecule has 2 aromatic rings. The van der Waals surface area contributed by atoms with Gasteiger partial charge in [-0.2, -0.15) is 0 Å². The van der Waals surface area contributed by atoms with Crippen LogP contribution in [0.4, 0.5) is 10.1 Å². The van der Waals surface area contributed by atoms with Crippen LogP contribution in [0.1, 0.15) is 24.3 Å². The summed E-state index contributed by atoms with van der Waals surface area (Å²) < 4.78 is 52.9. The van der Waals surface area contributed by atoms with Gasteiger partial charge in [0.25, 0.3) is 10.0 Å². The minimum atomic E-state index is -3.90. The molecular formula is C22H25FN2O6S. The lowest BCUT2D eigenvalue weighted by molar-refractivity contribution is -0.147. The van der Waals surface area contributed by atoms with E-state index in [-0.39, 0.29) is 29.7 Å². The van der Waals surface area contributed by atoms with Crippen molar-refractivity contribution in [1.29, 1.82) is 0 Å². The summed E-state index contributed by atoms with van der Waals surface area (Å²) in [5, 5.41) is 9.81. The van der Waals surface area contributed by atoms with Crippen LogP contribution in [0.25, 0.3) is 0 Å². The molecule has 2 N–H and O–H groups in total. The second-order valence-corrected chi connectivity index (χ2v) is 9.89. The summed E-state index contributed by atoms with van der Waals surface area (Å²) in [6, 6.07) is 9.51. The van der Waals surface area contributed by atoms with E-state index in [9.17, 15) is 22.7 Å². The monoisotopic (exact) mass is 464 g/mol. The number of carbonyl (C=O) groups is 1. The number of aliphatic hydroxyl groups excluding tert-OH is 1. The SMILES string of the molecule is CN(C)C(=O)C[C@H]1C[C@@H]2c3cc(NS(=O)(=O)c4ccc(F)cc4)ccc3O[C@@H]2[C@@H](CO)O1. The Morgan fingerprint density at radius 3 is 2.59 bits per heavy atom. The highest BCUT2D eigenvalue weighted by atomic mass is 32.2. The van der Waals surface area contributed by atoms with Gasteiger partial charge in [-0.1, -0.05) is 0 Å². The summed E-state index contributed by atoms with van der Waals surface area (Å²) >= 11 is 0. The molecule has 0 radical (unpaired) electrons. The van der Waals surface area contributed by atoms with Crippen LogP contribution in [0.3, 0.4) is 0 Å². The molecular weight excluding hydrogens is 439 g/mol. The Bertz CT molecular complexity index is 1110. The van der Waals surface area contributed by atoms with Gasteiger partial charge in [0.1, 0.15) is 23.8 Å². The highest BCUT2D eigenvalue weighted by molar-refractivity contribution is 7.92. The second kappa shape index (κ2) is 8.68. The van der Waals surface area contributed by atoms with Crippen LogP contribution >= 0.6 is 0 Å². The predicted octanol–water partition coefficient (Wildman–Crippen LogP) is 2.10. The van der Waals surface area contributed by atoms with Gasteiger partial charge >= 0.3 is 0 Å². The second-order valence-electron chi connectivity index (χ2n) is 8.21. The molecule has 1 amide bonds. The van der Waals surface area contributed by atoms with Crippen molar-refractivity contribution in [2.75, 3.05) is 25.4 Å². The fourth-order valence-electron chi connectivity index (χ4n) is 4.16. The van der Waals surface area contributed by atoms with Crippen LogP contribution < -0.4 is 9.46 Å². The average Bonchev–Trinajstić information content (AvgIpc) is 3.11. The van der Waals surface area contributed by atoms with E-state index < -0.39 is 34.2 Å². The van der Waals surface area contributed by atoms with Crippen molar-refractivity contribution in [2.24, 2.45) is 0 Å². The molecule has 4 atom stereocenters. The summed E-state index contributed by atoms with van der Waals surface area (Å²) in [5.41, 5.74) is 1.13. The maximum Gasteiger partial charge on any atom is 0.261 e. The number of hydrogen-bond donors (Lipinski definition) is 2. The zero-order valence-electron chi connectivity index (χ0n) is 17.7. The van der Waals surface area contributed by atoms with Crippen LogP contribution in [-0.4, -0.2) is 63.3 Å². The van der Waals surface area contributed by atoms with Gasteiger partial charge in [0.15, 0.2) is 0 Å². The van der Waals surface area contributed by atoms with Crippen LogP contribution in [0.15, 0.2) is 47.4 Å². The third-order valence-electron chi connectivity index (χ3n) is 5.78. The Hall–Kier alpha value is -2.69. The van der Waals surface area contributed by atoms with Gasteiger partial charge in [0.05, 0.1) is 24.0 Å². The fraction of sp³-hybridized carbons (Fsp3) is 0.409. The van der Waals surface area contributed by atoms with Crippen molar-refractivity contribution in [2.45, 2.75) is 42.0 Å². The number of carbonyl (C=O) groups excluding carboxylic acids is 1. The van der Waals surface area contributed by atoms with Crippen molar-refractivity contribution in [3.63, 3.8) is 0 Å². The molecule has 1 fully saturated rings. The zero-order valence-corrected chi connectivity index (χ0v) is 18.5. The topological polar surface area (TPSA) is 105 Å². The Kier molecular flexibility index (Phi) is 6.11. The number of benzene rings is 2. The van der Waals surface area contributed by atoms with E-state index in [1.807, 2.05) is 0 Å². The van der Waals surface area contributed by atoms with Crippen molar-refractivity contribution in [3.05, 3.63) is 53.8 Å². The maximum absolute atomic E-state index is 13.1. The van der Waals surface area contributed by atoms with Gasteiger partial charge in [-0.25, -0.2) is 12.8 Å². The van der Waals surface area contributed by atoms with Crippen molar-refractivity contribution < 1.29 is 32.2 Å².